The summed E-state index contributed by atoms with van der Waals surface area (Å²) < 4.78 is 5.79. The number of carbonyl (C=O) groups is 1. The Kier molecular flexibility index (Phi) is 12.0. The highest BCUT2D eigenvalue weighted by atomic mass is 16.5. The number of hydrogen-bond acceptors (Lipinski definition) is 4. The summed E-state index contributed by atoms with van der Waals surface area (Å²) in [6.07, 6.45) is 6.90. The number of nitrogens with two attached hydrogens (primary N) is 3. The van der Waals surface area contributed by atoms with Gasteiger partial charge in [-0.25, -0.2) is 0 Å². The number of nitrogens with zero attached hydrogens (tertiary/aromatic N) is 2. The Labute approximate surface area is 202 Å². The lowest BCUT2D eigenvalue weighted by Gasteiger charge is -2.23. The molecule has 0 unspecified atom stereocenters. The molecule has 2 rings (SSSR count). The third-order valence-electron chi connectivity index (χ3n) is 5.44. The molecular weight excluding hydrogens is 428 g/mol. The maximum atomic E-state index is 13.0. The van der Waals surface area contributed by atoms with Crippen molar-refractivity contribution in [3.8, 4) is 5.75 Å². The Morgan fingerprint density at radius 2 is 1.41 bits per heavy atom. The number of unbranched alkanes of at least 4 members (excludes halogenated alkanes) is 5. The molecule has 0 aliphatic rings. The van der Waals surface area contributed by atoms with Crippen molar-refractivity contribution >= 4 is 17.7 Å². The zero-order valence-electron chi connectivity index (χ0n) is 19.9. The van der Waals surface area contributed by atoms with Gasteiger partial charge in [0.25, 0.3) is 5.91 Å². The minimum atomic E-state index is 0.0423. The van der Waals surface area contributed by atoms with Crippen molar-refractivity contribution in [2.24, 2.45) is 22.2 Å². The lowest BCUT2D eigenvalue weighted by molar-refractivity contribution is 0.0747. The fourth-order valence-corrected chi connectivity index (χ4v) is 3.56. The fourth-order valence-electron chi connectivity index (χ4n) is 3.56. The molecule has 34 heavy (non-hydrogen) atoms. The molecule has 0 heterocycles. The van der Waals surface area contributed by atoms with Gasteiger partial charge >= 0.3 is 0 Å². The van der Waals surface area contributed by atoms with Crippen LogP contribution in [0.5, 0.6) is 5.75 Å². The van der Waals surface area contributed by atoms with E-state index in [1.807, 2.05) is 47.4 Å². The number of nitrogen functional groups attached to an aromatic ring is 1. The van der Waals surface area contributed by atoms with E-state index in [4.69, 9.17) is 27.3 Å². The molecular formula is C26H38N6O2. The summed E-state index contributed by atoms with van der Waals surface area (Å²) in [4.78, 5) is 19.0. The topological polar surface area (TPSA) is 144 Å². The summed E-state index contributed by atoms with van der Waals surface area (Å²) in [7, 11) is 0. The number of aliphatic imine (C=N–C) groups is 1. The first-order chi connectivity index (χ1) is 16.5. The molecule has 0 aliphatic heterocycles. The van der Waals surface area contributed by atoms with Crippen LogP contribution in [0, 0.1) is 5.41 Å². The Balaban J connectivity index is 1.74. The van der Waals surface area contributed by atoms with Crippen LogP contribution in [0.25, 0.3) is 0 Å². The summed E-state index contributed by atoms with van der Waals surface area (Å²) >= 11 is 0. The lowest BCUT2D eigenvalue weighted by atomic mass is 10.1. The van der Waals surface area contributed by atoms with Crippen LogP contribution in [-0.4, -0.2) is 48.8 Å². The quantitative estimate of drug-likeness (QED) is 0.170. The average molecular weight is 467 g/mol. The SMILES string of the molecule is N=C(N)c1ccc(OCCCCN(CCCCCCCN=C(N)N)C(=O)c2ccccc2)cc1. The Bertz CT molecular complexity index is 895. The summed E-state index contributed by atoms with van der Waals surface area (Å²) in [6.45, 7) is 2.69. The van der Waals surface area contributed by atoms with E-state index in [9.17, 15) is 4.79 Å². The van der Waals surface area contributed by atoms with Gasteiger partial charge in [-0.2, -0.15) is 0 Å². The third kappa shape index (κ3) is 10.4. The number of carbonyl (C=O) groups excluding carboxylic acids is 1. The molecule has 0 aromatic heterocycles. The van der Waals surface area contributed by atoms with Crippen LogP contribution in [0.1, 0.15) is 60.9 Å². The molecule has 2 aromatic rings. The number of amidine groups is 1. The van der Waals surface area contributed by atoms with E-state index in [-0.39, 0.29) is 17.7 Å². The van der Waals surface area contributed by atoms with Crippen LogP contribution >= 0.6 is 0 Å². The lowest BCUT2D eigenvalue weighted by Crippen LogP contribution is -2.33. The number of amides is 1. The number of nitrogens with one attached hydrogen (secondary N) is 1. The van der Waals surface area contributed by atoms with Crippen molar-refractivity contribution < 1.29 is 9.53 Å². The minimum absolute atomic E-state index is 0.0423. The summed E-state index contributed by atoms with van der Waals surface area (Å²) in [5.41, 5.74) is 17.6. The predicted molar refractivity (Wildman–Crippen MR) is 138 cm³/mol. The Morgan fingerprint density at radius 3 is 2.06 bits per heavy atom. The number of guanidine groups is 1. The van der Waals surface area contributed by atoms with E-state index >= 15 is 0 Å². The third-order valence-corrected chi connectivity index (χ3v) is 5.44. The molecule has 1 amide bonds. The molecule has 8 nitrogen and oxygen atoms in total. The first kappa shape index (κ1) is 26.7. The molecule has 0 saturated heterocycles. The minimum Gasteiger partial charge on any atom is -0.494 e. The summed E-state index contributed by atoms with van der Waals surface area (Å²) in [5, 5.41) is 7.44. The van der Waals surface area contributed by atoms with E-state index in [1.54, 1.807) is 12.1 Å². The number of ether oxygens (including phenoxy) is 1. The molecule has 2 aromatic carbocycles. The van der Waals surface area contributed by atoms with Gasteiger partial charge < -0.3 is 26.8 Å². The smallest absolute Gasteiger partial charge is 0.253 e. The van der Waals surface area contributed by atoms with Crippen molar-refractivity contribution in [3.05, 3.63) is 65.7 Å². The Morgan fingerprint density at radius 1 is 0.794 bits per heavy atom. The molecule has 0 bridgehead atoms. The van der Waals surface area contributed by atoms with Gasteiger partial charge in [-0.3, -0.25) is 15.2 Å². The monoisotopic (exact) mass is 466 g/mol. The van der Waals surface area contributed by atoms with Crippen molar-refractivity contribution in [1.29, 1.82) is 5.41 Å². The Hall–Kier alpha value is -3.55. The van der Waals surface area contributed by atoms with Crippen LogP contribution in [0.3, 0.4) is 0 Å². The maximum Gasteiger partial charge on any atom is 0.253 e. The average Bonchev–Trinajstić information content (AvgIpc) is 2.84. The normalized spacial score (nSPS) is 10.5. The van der Waals surface area contributed by atoms with Crippen LogP contribution in [0.4, 0.5) is 0 Å². The zero-order valence-corrected chi connectivity index (χ0v) is 19.9. The van der Waals surface area contributed by atoms with Gasteiger partial charge in [0.15, 0.2) is 5.96 Å². The van der Waals surface area contributed by atoms with E-state index in [0.717, 1.165) is 62.8 Å². The first-order valence-corrected chi connectivity index (χ1v) is 11.9. The molecule has 7 N–H and O–H groups in total. The van der Waals surface area contributed by atoms with Crippen molar-refractivity contribution in [2.75, 3.05) is 26.2 Å². The van der Waals surface area contributed by atoms with E-state index in [1.165, 1.54) is 0 Å². The van der Waals surface area contributed by atoms with Gasteiger partial charge in [0.1, 0.15) is 11.6 Å². The van der Waals surface area contributed by atoms with Crippen molar-refractivity contribution in [3.63, 3.8) is 0 Å². The zero-order chi connectivity index (χ0) is 24.6. The van der Waals surface area contributed by atoms with Gasteiger partial charge in [-0.15, -0.1) is 0 Å². The molecule has 0 radical (unpaired) electrons. The first-order valence-electron chi connectivity index (χ1n) is 11.9. The van der Waals surface area contributed by atoms with Gasteiger partial charge in [0.05, 0.1) is 6.61 Å². The van der Waals surface area contributed by atoms with Crippen LogP contribution in [0.15, 0.2) is 59.6 Å². The van der Waals surface area contributed by atoms with Gasteiger partial charge in [-0.05, 0) is 62.1 Å². The summed E-state index contributed by atoms with van der Waals surface area (Å²) in [5.74, 6) is 1.02. The van der Waals surface area contributed by atoms with Crippen molar-refractivity contribution in [1.82, 2.24) is 4.90 Å². The van der Waals surface area contributed by atoms with E-state index in [0.29, 0.717) is 25.3 Å². The highest BCUT2D eigenvalue weighted by Crippen LogP contribution is 2.13. The largest absolute Gasteiger partial charge is 0.494 e. The van der Waals surface area contributed by atoms with Crippen LogP contribution in [-0.2, 0) is 0 Å². The molecule has 0 aliphatic carbocycles. The molecule has 0 saturated carbocycles. The van der Waals surface area contributed by atoms with Gasteiger partial charge in [0, 0.05) is 30.8 Å². The number of benzene rings is 2. The second-order valence-electron chi connectivity index (χ2n) is 8.23. The highest BCUT2D eigenvalue weighted by molar-refractivity contribution is 5.95. The van der Waals surface area contributed by atoms with Crippen LogP contribution in [0.2, 0.25) is 0 Å². The van der Waals surface area contributed by atoms with E-state index < -0.39 is 0 Å². The fraction of sp³-hybridized carbons (Fsp3) is 0.423. The second kappa shape index (κ2) is 15.3. The molecule has 8 heteroatoms. The standard InChI is InChI=1S/C26H38N6O2/c27-24(28)21-13-15-23(16-14-21)34-20-10-9-19-32(25(33)22-11-5-4-6-12-22)18-8-3-1-2-7-17-31-26(29)30/h4-6,11-16H,1-3,7-10,17-20H2,(H3,27,28)(H4,29,30,31). The summed E-state index contributed by atoms with van der Waals surface area (Å²) in [6, 6.07) is 16.6. The van der Waals surface area contributed by atoms with Crippen LogP contribution < -0.4 is 21.9 Å². The molecule has 0 spiro atoms. The highest BCUT2D eigenvalue weighted by Gasteiger charge is 2.14. The molecule has 184 valence electrons. The van der Waals surface area contributed by atoms with E-state index in [2.05, 4.69) is 4.99 Å². The maximum absolute atomic E-state index is 13.0. The second-order valence-corrected chi connectivity index (χ2v) is 8.23. The molecule has 0 atom stereocenters. The van der Waals surface area contributed by atoms with Gasteiger partial charge in [0.2, 0.25) is 0 Å². The van der Waals surface area contributed by atoms with Crippen molar-refractivity contribution in [2.45, 2.75) is 44.9 Å². The number of hydrogen-bond donors (Lipinski definition) is 4. The van der Waals surface area contributed by atoms with Gasteiger partial charge in [-0.1, -0.05) is 37.5 Å². The predicted octanol–water partition coefficient (Wildman–Crippen LogP) is 3.50. The molecule has 0 fully saturated rings. The number of rotatable bonds is 16.